The molecule has 6 heteroatoms. The highest BCUT2D eigenvalue weighted by molar-refractivity contribution is 7.80. The van der Waals surface area contributed by atoms with E-state index in [1.807, 2.05) is 41.3 Å². The lowest BCUT2D eigenvalue weighted by atomic mass is 10.2. The number of pyridine rings is 1. The Bertz CT molecular complexity index is 687. The summed E-state index contributed by atoms with van der Waals surface area (Å²) in [5.41, 5.74) is 2.90. The van der Waals surface area contributed by atoms with Crippen LogP contribution in [0.15, 0.2) is 48.8 Å². The molecule has 5 nitrogen and oxygen atoms in total. The molecule has 1 aliphatic heterocycles. The van der Waals surface area contributed by atoms with Crippen molar-refractivity contribution in [1.82, 2.24) is 10.3 Å². The highest BCUT2D eigenvalue weighted by atomic mass is 32.1. The standard InChI is InChI=1S/C17H18N4OS/c22-16-4-2-10-21(16)15-7-5-14(6-8-15)20-17(23)19-12-13-3-1-9-18-11-13/h1,3,5-9,11H,2,4,10,12H2,(H2,19,20,23). The lowest BCUT2D eigenvalue weighted by molar-refractivity contribution is -0.117. The molecule has 23 heavy (non-hydrogen) atoms. The van der Waals surface area contributed by atoms with Crippen LogP contribution in [-0.2, 0) is 11.3 Å². The summed E-state index contributed by atoms with van der Waals surface area (Å²) in [7, 11) is 0. The molecule has 1 aliphatic rings. The third kappa shape index (κ3) is 4.04. The zero-order valence-electron chi connectivity index (χ0n) is 12.7. The average Bonchev–Trinajstić information content (AvgIpc) is 3.01. The number of rotatable bonds is 4. The van der Waals surface area contributed by atoms with Crippen LogP contribution >= 0.6 is 12.2 Å². The van der Waals surface area contributed by atoms with Crippen molar-refractivity contribution in [3.05, 3.63) is 54.4 Å². The van der Waals surface area contributed by atoms with E-state index in [9.17, 15) is 4.79 Å². The van der Waals surface area contributed by atoms with Gasteiger partial charge in [0, 0.05) is 43.3 Å². The molecule has 0 saturated carbocycles. The molecule has 0 atom stereocenters. The van der Waals surface area contributed by atoms with Crippen LogP contribution in [0, 0.1) is 0 Å². The number of benzene rings is 1. The zero-order chi connectivity index (χ0) is 16.1. The minimum absolute atomic E-state index is 0.194. The van der Waals surface area contributed by atoms with E-state index in [2.05, 4.69) is 15.6 Å². The largest absolute Gasteiger partial charge is 0.358 e. The number of amides is 1. The first kappa shape index (κ1) is 15.4. The van der Waals surface area contributed by atoms with Crippen LogP contribution in [-0.4, -0.2) is 22.5 Å². The fraction of sp³-hybridized carbons (Fsp3) is 0.235. The number of hydrogen-bond donors (Lipinski definition) is 2. The molecule has 3 rings (SSSR count). The van der Waals surface area contributed by atoms with E-state index < -0.39 is 0 Å². The van der Waals surface area contributed by atoms with Crippen LogP contribution in [0.4, 0.5) is 11.4 Å². The van der Waals surface area contributed by atoms with Crippen LogP contribution in [0.25, 0.3) is 0 Å². The minimum Gasteiger partial charge on any atom is -0.358 e. The molecule has 1 fully saturated rings. The predicted octanol–water partition coefficient (Wildman–Crippen LogP) is 2.70. The highest BCUT2D eigenvalue weighted by Gasteiger charge is 2.21. The summed E-state index contributed by atoms with van der Waals surface area (Å²) in [5, 5.41) is 6.83. The summed E-state index contributed by atoms with van der Waals surface area (Å²) in [6.07, 6.45) is 5.12. The quantitative estimate of drug-likeness (QED) is 0.846. The van der Waals surface area contributed by atoms with Gasteiger partial charge in [0.2, 0.25) is 5.91 Å². The fourth-order valence-corrected chi connectivity index (χ4v) is 2.70. The number of anilines is 2. The third-order valence-electron chi connectivity index (χ3n) is 3.69. The van der Waals surface area contributed by atoms with E-state index in [4.69, 9.17) is 12.2 Å². The molecule has 2 aromatic rings. The van der Waals surface area contributed by atoms with Crippen molar-refractivity contribution in [2.75, 3.05) is 16.8 Å². The first-order chi connectivity index (χ1) is 11.2. The molecular formula is C17H18N4OS. The minimum atomic E-state index is 0.194. The molecule has 2 N–H and O–H groups in total. The average molecular weight is 326 g/mol. The van der Waals surface area contributed by atoms with Gasteiger partial charge in [-0.25, -0.2) is 0 Å². The van der Waals surface area contributed by atoms with Gasteiger partial charge >= 0.3 is 0 Å². The van der Waals surface area contributed by atoms with Crippen molar-refractivity contribution >= 4 is 34.6 Å². The van der Waals surface area contributed by atoms with E-state index in [1.54, 1.807) is 12.4 Å². The van der Waals surface area contributed by atoms with Gasteiger partial charge < -0.3 is 15.5 Å². The number of hydrogen-bond acceptors (Lipinski definition) is 3. The Kier molecular flexibility index (Phi) is 4.83. The molecular weight excluding hydrogens is 308 g/mol. The van der Waals surface area contributed by atoms with Crippen LogP contribution in [0.3, 0.4) is 0 Å². The van der Waals surface area contributed by atoms with Crippen LogP contribution in [0.1, 0.15) is 18.4 Å². The van der Waals surface area contributed by atoms with Gasteiger partial charge in [0.05, 0.1) is 0 Å². The molecule has 0 unspecified atom stereocenters. The Morgan fingerprint density at radius 3 is 2.74 bits per heavy atom. The Hall–Kier alpha value is -2.47. The summed E-state index contributed by atoms with van der Waals surface area (Å²) in [5.74, 6) is 0.194. The first-order valence-corrected chi connectivity index (χ1v) is 7.97. The van der Waals surface area contributed by atoms with Crippen molar-refractivity contribution in [2.45, 2.75) is 19.4 Å². The van der Waals surface area contributed by atoms with Gasteiger partial charge in [-0.3, -0.25) is 9.78 Å². The Morgan fingerprint density at radius 2 is 2.09 bits per heavy atom. The topological polar surface area (TPSA) is 57.3 Å². The molecule has 1 aromatic carbocycles. The van der Waals surface area contributed by atoms with Crippen LogP contribution in [0.5, 0.6) is 0 Å². The number of aromatic nitrogens is 1. The summed E-state index contributed by atoms with van der Waals surface area (Å²) < 4.78 is 0. The second-order valence-corrected chi connectivity index (χ2v) is 5.77. The van der Waals surface area contributed by atoms with E-state index in [-0.39, 0.29) is 5.91 Å². The van der Waals surface area contributed by atoms with Gasteiger partial charge in [0.25, 0.3) is 0 Å². The molecule has 1 aromatic heterocycles. The van der Waals surface area contributed by atoms with Gasteiger partial charge in [-0.15, -0.1) is 0 Å². The Balaban J connectivity index is 1.53. The van der Waals surface area contributed by atoms with Gasteiger partial charge in [-0.05, 0) is 54.5 Å². The maximum absolute atomic E-state index is 11.7. The molecule has 1 saturated heterocycles. The maximum Gasteiger partial charge on any atom is 0.227 e. The number of nitrogens with zero attached hydrogens (tertiary/aromatic N) is 2. The smallest absolute Gasteiger partial charge is 0.227 e. The van der Waals surface area contributed by atoms with Gasteiger partial charge in [-0.1, -0.05) is 6.07 Å². The molecule has 118 valence electrons. The monoisotopic (exact) mass is 326 g/mol. The summed E-state index contributed by atoms with van der Waals surface area (Å²) in [6.45, 7) is 1.43. The second kappa shape index (κ2) is 7.19. The van der Waals surface area contributed by atoms with Gasteiger partial charge in [0.15, 0.2) is 5.11 Å². The fourth-order valence-electron chi connectivity index (χ4n) is 2.51. The molecule has 0 bridgehead atoms. The SMILES string of the molecule is O=C1CCCN1c1ccc(NC(=S)NCc2cccnc2)cc1. The van der Waals surface area contributed by atoms with Crippen molar-refractivity contribution < 1.29 is 4.79 Å². The number of nitrogens with one attached hydrogen (secondary N) is 2. The molecule has 2 heterocycles. The molecule has 0 radical (unpaired) electrons. The summed E-state index contributed by atoms with van der Waals surface area (Å²) in [4.78, 5) is 17.6. The van der Waals surface area contributed by atoms with Crippen molar-refractivity contribution in [2.24, 2.45) is 0 Å². The van der Waals surface area contributed by atoms with Crippen molar-refractivity contribution in [1.29, 1.82) is 0 Å². The van der Waals surface area contributed by atoms with Crippen LogP contribution < -0.4 is 15.5 Å². The maximum atomic E-state index is 11.7. The van der Waals surface area contributed by atoms with E-state index in [0.717, 1.165) is 29.9 Å². The van der Waals surface area contributed by atoms with Gasteiger partial charge in [-0.2, -0.15) is 0 Å². The van der Waals surface area contributed by atoms with Crippen molar-refractivity contribution in [3.63, 3.8) is 0 Å². The lowest BCUT2D eigenvalue weighted by Crippen LogP contribution is -2.28. The van der Waals surface area contributed by atoms with Gasteiger partial charge in [0.1, 0.15) is 0 Å². The molecule has 0 spiro atoms. The van der Waals surface area contributed by atoms with E-state index in [1.165, 1.54) is 0 Å². The van der Waals surface area contributed by atoms with E-state index in [0.29, 0.717) is 18.1 Å². The summed E-state index contributed by atoms with van der Waals surface area (Å²) >= 11 is 5.29. The third-order valence-corrected chi connectivity index (χ3v) is 3.93. The van der Waals surface area contributed by atoms with E-state index >= 15 is 0 Å². The molecule has 1 amide bonds. The molecule has 0 aliphatic carbocycles. The summed E-state index contributed by atoms with van der Waals surface area (Å²) in [6, 6.07) is 11.6. The van der Waals surface area contributed by atoms with Crippen molar-refractivity contribution in [3.8, 4) is 0 Å². The Morgan fingerprint density at radius 1 is 1.26 bits per heavy atom. The first-order valence-electron chi connectivity index (χ1n) is 7.56. The predicted molar refractivity (Wildman–Crippen MR) is 95.3 cm³/mol. The second-order valence-electron chi connectivity index (χ2n) is 5.36. The number of carbonyl (C=O) groups is 1. The van der Waals surface area contributed by atoms with Crippen LogP contribution in [0.2, 0.25) is 0 Å². The normalized spacial score (nSPS) is 13.9. The lowest BCUT2D eigenvalue weighted by Gasteiger charge is -2.16. The number of thiocarbonyl (C=S) groups is 1. The highest BCUT2D eigenvalue weighted by Crippen LogP contribution is 2.22. The zero-order valence-corrected chi connectivity index (χ0v) is 13.5. The Labute approximate surface area is 140 Å². The number of carbonyl (C=O) groups excluding carboxylic acids is 1.